The van der Waals surface area contributed by atoms with Crippen LogP contribution in [0.2, 0.25) is 0 Å². The van der Waals surface area contributed by atoms with E-state index >= 15 is 0 Å². The number of aryl methyl sites for hydroxylation is 1. The van der Waals surface area contributed by atoms with Crippen LogP contribution >= 0.6 is 11.8 Å². The minimum atomic E-state index is -3.03. The highest BCUT2D eigenvalue weighted by Gasteiger charge is 2.30. The number of rotatable bonds is 7. The molecule has 2 aromatic rings. The van der Waals surface area contributed by atoms with E-state index in [2.05, 4.69) is 22.1 Å². The quantitative estimate of drug-likeness (QED) is 0.548. The number of nitrogens with zero attached hydrogens (tertiary/aromatic N) is 3. The van der Waals surface area contributed by atoms with E-state index in [9.17, 15) is 13.2 Å². The summed E-state index contributed by atoms with van der Waals surface area (Å²) in [4.78, 5) is 12.5. The number of carbonyl (C=O) groups is 1. The first-order chi connectivity index (χ1) is 12.8. The van der Waals surface area contributed by atoms with Crippen molar-refractivity contribution in [1.82, 2.24) is 20.1 Å². The molecule has 0 saturated carbocycles. The van der Waals surface area contributed by atoms with E-state index in [1.54, 1.807) is 19.3 Å². The predicted octanol–water partition coefficient (Wildman–Crippen LogP) is 1.82. The number of nitrogens with one attached hydrogen (secondary N) is 1. The van der Waals surface area contributed by atoms with Gasteiger partial charge in [-0.3, -0.25) is 9.36 Å². The summed E-state index contributed by atoms with van der Waals surface area (Å²) < 4.78 is 30.3. The Morgan fingerprint density at radius 3 is 2.93 bits per heavy atom. The molecule has 1 aliphatic rings. The number of amides is 1. The number of aromatic nitrogens is 3. The Kier molecular flexibility index (Phi) is 5.75. The molecule has 3 heterocycles. The summed E-state index contributed by atoms with van der Waals surface area (Å²) in [5, 5.41) is 11.4. The van der Waals surface area contributed by atoms with Crippen LogP contribution in [0, 0.1) is 6.92 Å². The summed E-state index contributed by atoms with van der Waals surface area (Å²) in [6.45, 7) is 7.87. The minimum Gasteiger partial charge on any atom is -0.469 e. The summed E-state index contributed by atoms with van der Waals surface area (Å²) in [5.41, 5.74) is 0.837. The molecule has 1 amide bonds. The molecule has 0 bridgehead atoms. The van der Waals surface area contributed by atoms with Crippen molar-refractivity contribution in [1.29, 1.82) is 0 Å². The highest BCUT2D eigenvalue weighted by Crippen LogP contribution is 2.29. The lowest BCUT2D eigenvalue weighted by Gasteiger charge is -2.15. The van der Waals surface area contributed by atoms with E-state index in [1.165, 1.54) is 11.8 Å². The van der Waals surface area contributed by atoms with Crippen molar-refractivity contribution < 1.29 is 17.6 Å². The van der Waals surface area contributed by atoms with Crippen molar-refractivity contribution in [2.24, 2.45) is 0 Å². The van der Waals surface area contributed by atoms with Gasteiger partial charge in [0.25, 0.3) is 0 Å². The lowest BCUT2D eigenvalue weighted by Crippen LogP contribution is -2.40. The third-order valence-corrected chi connectivity index (χ3v) is 7.21. The highest BCUT2D eigenvalue weighted by atomic mass is 32.2. The molecular weight excluding hydrogens is 388 g/mol. The molecule has 1 saturated heterocycles. The van der Waals surface area contributed by atoms with Crippen LogP contribution in [0.25, 0.3) is 11.4 Å². The number of allylic oxidation sites excluding steroid dienone is 1. The van der Waals surface area contributed by atoms with E-state index in [0.717, 1.165) is 11.3 Å². The summed E-state index contributed by atoms with van der Waals surface area (Å²) in [6, 6.07) is 1.50. The van der Waals surface area contributed by atoms with Crippen molar-refractivity contribution in [3.8, 4) is 11.4 Å². The zero-order chi connectivity index (χ0) is 19.6. The van der Waals surface area contributed by atoms with E-state index in [1.807, 2.05) is 17.6 Å². The van der Waals surface area contributed by atoms with Crippen LogP contribution in [0.4, 0.5) is 0 Å². The fraction of sp³-hybridized carbons (Fsp3) is 0.471. The number of furan rings is 1. The normalized spacial score (nSPS) is 19.7. The molecule has 0 spiro atoms. The molecule has 8 nitrogen and oxygen atoms in total. The van der Waals surface area contributed by atoms with E-state index in [0.29, 0.717) is 23.9 Å². The summed E-state index contributed by atoms with van der Waals surface area (Å²) in [7, 11) is -3.03. The second kappa shape index (κ2) is 7.89. The minimum absolute atomic E-state index is 0.00663. The van der Waals surface area contributed by atoms with Crippen molar-refractivity contribution in [3.05, 3.63) is 30.7 Å². The number of thioether (sulfide) groups is 1. The van der Waals surface area contributed by atoms with Gasteiger partial charge in [0.2, 0.25) is 5.91 Å². The van der Waals surface area contributed by atoms with E-state index in [4.69, 9.17) is 4.42 Å². The molecule has 146 valence electrons. The van der Waals surface area contributed by atoms with Gasteiger partial charge in [0.15, 0.2) is 20.8 Å². The molecule has 2 aromatic heterocycles. The van der Waals surface area contributed by atoms with Crippen molar-refractivity contribution in [2.75, 3.05) is 11.5 Å². The Morgan fingerprint density at radius 1 is 1.56 bits per heavy atom. The Labute approximate surface area is 162 Å². The van der Waals surface area contributed by atoms with Crippen molar-refractivity contribution in [3.63, 3.8) is 0 Å². The van der Waals surface area contributed by atoms with Gasteiger partial charge in [0.1, 0.15) is 5.76 Å². The van der Waals surface area contributed by atoms with Gasteiger partial charge in [-0.15, -0.1) is 16.8 Å². The maximum absolute atomic E-state index is 12.5. The van der Waals surface area contributed by atoms with Gasteiger partial charge < -0.3 is 9.73 Å². The first kappa shape index (κ1) is 19.7. The molecule has 2 unspecified atom stereocenters. The SMILES string of the molecule is C=CCn1c(SC(C)C(=O)NC2CCS(=O)(=O)C2)nnc1-c1ccoc1C. The van der Waals surface area contributed by atoms with Crippen LogP contribution in [-0.4, -0.2) is 51.9 Å². The lowest BCUT2D eigenvalue weighted by molar-refractivity contribution is -0.120. The zero-order valence-electron chi connectivity index (χ0n) is 15.2. The molecule has 0 aromatic carbocycles. The van der Waals surface area contributed by atoms with Crippen LogP contribution in [0.5, 0.6) is 0 Å². The standard InChI is InChI=1S/C17H22N4O4S2/c1-4-7-21-15(14-5-8-25-11(14)2)19-20-17(21)26-12(3)16(22)18-13-6-9-27(23,24)10-13/h4-5,8,12-13H,1,6-7,9-10H2,2-3H3,(H,18,22). The molecule has 1 fully saturated rings. The topological polar surface area (TPSA) is 107 Å². The van der Waals surface area contributed by atoms with Crippen molar-refractivity contribution >= 4 is 27.5 Å². The highest BCUT2D eigenvalue weighted by molar-refractivity contribution is 8.00. The molecule has 0 aliphatic carbocycles. The van der Waals surface area contributed by atoms with Gasteiger partial charge in [0.05, 0.1) is 28.6 Å². The second-order valence-electron chi connectivity index (χ2n) is 6.46. The van der Waals surface area contributed by atoms with E-state index < -0.39 is 15.1 Å². The zero-order valence-corrected chi connectivity index (χ0v) is 16.8. The number of hydrogen-bond donors (Lipinski definition) is 1. The smallest absolute Gasteiger partial charge is 0.233 e. The average molecular weight is 411 g/mol. The predicted molar refractivity (Wildman–Crippen MR) is 103 cm³/mol. The monoisotopic (exact) mass is 410 g/mol. The average Bonchev–Trinajstić information content (AvgIpc) is 3.28. The van der Waals surface area contributed by atoms with Gasteiger partial charge in [-0.1, -0.05) is 17.8 Å². The Hall–Kier alpha value is -2.07. The Bertz CT molecular complexity index is 948. The van der Waals surface area contributed by atoms with Crippen LogP contribution in [-0.2, 0) is 21.2 Å². The third-order valence-electron chi connectivity index (χ3n) is 4.36. The van der Waals surface area contributed by atoms with Crippen LogP contribution in [0.15, 0.2) is 34.6 Å². The first-order valence-corrected chi connectivity index (χ1v) is 11.3. The van der Waals surface area contributed by atoms with Crippen LogP contribution in [0.3, 0.4) is 0 Å². The molecule has 3 rings (SSSR count). The Balaban J connectivity index is 1.73. The van der Waals surface area contributed by atoms with Crippen LogP contribution < -0.4 is 5.32 Å². The first-order valence-electron chi connectivity index (χ1n) is 8.56. The summed E-state index contributed by atoms with van der Waals surface area (Å²) in [5.74, 6) is 1.31. The molecule has 0 radical (unpaired) electrons. The molecule has 1 N–H and O–H groups in total. The summed E-state index contributed by atoms with van der Waals surface area (Å²) in [6.07, 6.45) is 3.79. The molecule has 1 aliphatic heterocycles. The maximum Gasteiger partial charge on any atom is 0.233 e. The van der Waals surface area contributed by atoms with E-state index in [-0.39, 0.29) is 23.5 Å². The Morgan fingerprint density at radius 2 is 2.33 bits per heavy atom. The molecule has 27 heavy (non-hydrogen) atoms. The fourth-order valence-corrected chi connectivity index (χ4v) is 5.47. The van der Waals surface area contributed by atoms with Gasteiger partial charge in [-0.05, 0) is 26.3 Å². The molecule has 10 heteroatoms. The van der Waals surface area contributed by atoms with Crippen molar-refractivity contribution in [2.45, 2.75) is 43.3 Å². The molecular formula is C17H22N4O4S2. The molecule has 2 atom stereocenters. The summed E-state index contributed by atoms with van der Waals surface area (Å²) >= 11 is 1.27. The third kappa shape index (κ3) is 4.44. The number of carbonyl (C=O) groups excluding carboxylic acids is 1. The van der Waals surface area contributed by atoms with Gasteiger partial charge >= 0.3 is 0 Å². The van der Waals surface area contributed by atoms with Crippen LogP contribution in [0.1, 0.15) is 19.1 Å². The van der Waals surface area contributed by atoms with Gasteiger partial charge in [-0.2, -0.15) is 0 Å². The number of hydrogen-bond acceptors (Lipinski definition) is 7. The maximum atomic E-state index is 12.5. The lowest BCUT2D eigenvalue weighted by atomic mass is 10.2. The number of sulfone groups is 1. The fourth-order valence-electron chi connectivity index (χ4n) is 2.92. The van der Waals surface area contributed by atoms with Gasteiger partial charge in [-0.25, -0.2) is 8.42 Å². The largest absolute Gasteiger partial charge is 0.469 e. The van der Waals surface area contributed by atoms with Gasteiger partial charge in [0, 0.05) is 12.6 Å². The second-order valence-corrected chi connectivity index (χ2v) is 10.0.